The molecule has 16 heavy (non-hydrogen) atoms. The molecule has 0 N–H and O–H groups in total. The second-order valence-electron chi connectivity index (χ2n) is 4.33. The third kappa shape index (κ3) is 14.4. The van der Waals surface area contributed by atoms with Crippen molar-refractivity contribution in [2.24, 2.45) is 0 Å². The molecular formula is C13H24BrClO. The first kappa shape index (κ1) is 16.4. The smallest absolute Gasteiger partial charge is 0.221 e. The van der Waals surface area contributed by atoms with Crippen molar-refractivity contribution in [3.05, 3.63) is 0 Å². The third-order valence-electron chi connectivity index (χ3n) is 2.76. The van der Waals surface area contributed by atoms with Gasteiger partial charge in [-0.25, -0.2) is 0 Å². The summed E-state index contributed by atoms with van der Waals surface area (Å²) in [7, 11) is 0. The summed E-state index contributed by atoms with van der Waals surface area (Å²) >= 11 is 8.70. The maximum absolute atomic E-state index is 10.5. The third-order valence-corrected chi connectivity index (χ3v) is 3.51. The van der Waals surface area contributed by atoms with E-state index in [1.54, 1.807) is 0 Å². The second kappa shape index (κ2) is 13.5. The summed E-state index contributed by atoms with van der Waals surface area (Å²) in [5.41, 5.74) is 0. The molecule has 0 radical (unpaired) electrons. The van der Waals surface area contributed by atoms with Crippen molar-refractivity contribution in [3.8, 4) is 0 Å². The zero-order chi connectivity index (χ0) is 12.1. The topological polar surface area (TPSA) is 17.1 Å². The number of unbranched alkanes of at least 4 members (excludes halogenated alkanes) is 9. The van der Waals surface area contributed by atoms with Crippen LogP contribution in [0.1, 0.15) is 70.6 Å². The summed E-state index contributed by atoms with van der Waals surface area (Å²) in [6.07, 6.45) is 13.4. The lowest BCUT2D eigenvalue weighted by Gasteiger charge is -2.01. The molecule has 0 aromatic heterocycles. The zero-order valence-corrected chi connectivity index (χ0v) is 12.5. The van der Waals surface area contributed by atoms with Gasteiger partial charge in [0.2, 0.25) is 5.24 Å². The van der Waals surface area contributed by atoms with Crippen molar-refractivity contribution in [2.75, 3.05) is 5.33 Å². The van der Waals surface area contributed by atoms with Crippen LogP contribution >= 0.6 is 27.5 Å². The molecule has 0 aliphatic rings. The van der Waals surface area contributed by atoms with Gasteiger partial charge < -0.3 is 0 Å². The van der Waals surface area contributed by atoms with Crippen molar-refractivity contribution in [1.29, 1.82) is 0 Å². The van der Waals surface area contributed by atoms with Crippen molar-refractivity contribution in [1.82, 2.24) is 0 Å². The highest BCUT2D eigenvalue weighted by molar-refractivity contribution is 9.09. The predicted octanol–water partition coefficient (Wildman–Crippen LogP) is 5.44. The van der Waals surface area contributed by atoms with Crippen LogP contribution in [-0.2, 0) is 4.79 Å². The molecule has 0 fully saturated rings. The Labute approximate surface area is 113 Å². The zero-order valence-electron chi connectivity index (χ0n) is 10.1. The van der Waals surface area contributed by atoms with E-state index in [1.165, 1.54) is 51.4 Å². The molecule has 0 aromatic rings. The van der Waals surface area contributed by atoms with Crippen LogP contribution in [0, 0.1) is 0 Å². The standard InChI is InChI=1S/C13H24BrClO/c14-12-10-8-6-4-2-1-3-5-7-9-11-13(15)16/h1-12H2. The van der Waals surface area contributed by atoms with Crippen molar-refractivity contribution >= 4 is 32.8 Å². The van der Waals surface area contributed by atoms with Crippen LogP contribution in [0.5, 0.6) is 0 Å². The summed E-state index contributed by atoms with van der Waals surface area (Å²) in [5, 5.41) is 0.957. The number of halogens is 2. The van der Waals surface area contributed by atoms with Gasteiger partial charge in [0, 0.05) is 11.8 Å². The highest BCUT2D eigenvalue weighted by atomic mass is 79.9. The summed E-state index contributed by atoms with van der Waals surface area (Å²) in [4.78, 5) is 10.5. The molecular weight excluding hydrogens is 287 g/mol. The van der Waals surface area contributed by atoms with E-state index in [1.807, 2.05) is 0 Å². The number of hydrogen-bond acceptors (Lipinski definition) is 1. The van der Waals surface area contributed by atoms with Gasteiger partial charge in [0.15, 0.2) is 0 Å². The summed E-state index contributed by atoms with van der Waals surface area (Å²) in [5.74, 6) is 0. The van der Waals surface area contributed by atoms with E-state index in [0.717, 1.165) is 18.2 Å². The van der Waals surface area contributed by atoms with E-state index in [9.17, 15) is 4.79 Å². The summed E-state index contributed by atoms with van der Waals surface area (Å²) < 4.78 is 0. The van der Waals surface area contributed by atoms with E-state index in [-0.39, 0.29) is 5.24 Å². The van der Waals surface area contributed by atoms with Gasteiger partial charge >= 0.3 is 0 Å². The SMILES string of the molecule is O=C(Cl)CCCCCCCCCCCCBr. The Hall–Kier alpha value is 0.440. The number of carbonyl (C=O) groups is 1. The monoisotopic (exact) mass is 310 g/mol. The number of carbonyl (C=O) groups excluding carboxylic acids is 1. The largest absolute Gasteiger partial charge is 0.281 e. The predicted molar refractivity (Wildman–Crippen MR) is 75.4 cm³/mol. The first-order chi connectivity index (χ1) is 7.77. The van der Waals surface area contributed by atoms with Gasteiger partial charge in [0.05, 0.1) is 0 Å². The first-order valence-corrected chi connectivity index (χ1v) is 8.01. The summed E-state index contributed by atoms with van der Waals surface area (Å²) in [6, 6.07) is 0. The van der Waals surface area contributed by atoms with Crippen molar-refractivity contribution in [2.45, 2.75) is 70.6 Å². The molecule has 0 amide bonds. The number of alkyl halides is 1. The van der Waals surface area contributed by atoms with Crippen LogP contribution in [0.2, 0.25) is 0 Å². The fourth-order valence-electron chi connectivity index (χ4n) is 1.77. The molecule has 0 bridgehead atoms. The minimum Gasteiger partial charge on any atom is -0.281 e. The molecule has 0 atom stereocenters. The normalized spacial score (nSPS) is 10.6. The van der Waals surface area contributed by atoms with Crippen LogP contribution < -0.4 is 0 Å². The van der Waals surface area contributed by atoms with E-state index in [0.29, 0.717) is 6.42 Å². The lowest BCUT2D eigenvalue weighted by Crippen LogP contribution is -1.86. The number of hydrogen-bond donors (Lipinski definition) is 0. The van der Waals surface area contributed by atoms with Crippen molar-refractivity contribution < 1.29 is 4.79 Å². The highest BCUT2D eigenvalue weighted by Gasteiger charge is 1.96. The van der Waals surface area contributed by atoms with Crippen LogP contribution in [0.3, 0.4) is 0 Å². The number of rotatable bonds is 12. The minimum atomic E-state index is -0.188. The van der Waals surface area contributed by atoms with Gasteiger partial charge in [-0.3, -0.25) is 4.79 Å². The van der Waals surface area contributed by atoms with Gasteiger partial charge in [-0.15, -0.1) is 0 Å². The van der Waals surface area contributed by atoms with E-state index >= 15 is 0 Å². The van der Waals surface area contributed by atoms with Crippen LogP contribution in [0.4, 0.5) is 0 Å². The fourth-order valence-corrected chi connectivity index (χ4v) is 2.30. The van der Waals surface area contributed by atoms with Crippen LogP contribution in [0.15, 0.2) is 0 Å². The van der Waals surface area contributed by atoms with Gasteiger partial charge in [0.1, 0.15) is 0 Å². The minimum absolute atomic E-state index is 0.188. The molecule has 0 unspecified atom stereocenters. The molecule has 0 heterocycles. The molecule has 0 aliphatic carbocycles. The quantitative estimate of drug-likeness (QED) is 0.266. The van der Waals surface area contributed by atoms with E-state index < -0.39 is 0 Å². The fraction of sp³-hybridized carbons (Fsp3) is 0.923. The average molecular weight is 312 g/mol. The molecule has 0 rings (SSSR count). The first-order valence-electron chi connectivity index (χ1n) is 6.51. The van der Waals surface area contributed by atoms with Gasteiger partial charge in [0.25, 0.3) is 0 Å². The van der Waals surface area contributed by atoms with Crippen LogP contribution in [-0.4, -0.2) is 10.6 Å². The Morgan fingerprint density at radius 3 is 1.50 bits per heavy atom. The molecule has 1 nitrogen and oxygen atoms in total. The molecule has 0 spiro atoms. The average Bonchev–Trinajstić information content (AvgIpc) is 2.25. The van der Waals surface area contributed by atoms with Crippen LogP contribution in [0.25, 0.3) is 0 Å². The van der Waals surface area contributed by atoms with Gasteiger partial charge in [-0.05, 0) is 24.4 Å². The Morgan fingerprint density at radius 2 is 1.12 bits per heavy atom. The molecule has 96 valence electrons. The highest BCUT2D eigenvalue weighted by Crippen LogP contribution is 2.12. The summed E-state index contributed by atoms with van der Waals surface area (Å²) in [6.45, 7) is 0. The Kier molecular flexibility index (Phi) is 13.9. The molecule has 0 saturated carbocycles. The Balaban J connectivity index is 2.90. The lowest BCUT2D eigenvalue weighted by atomic mass is 10.1. The van der Waals surface area contributed by atoms with Gasteiger partial charge in [-0.2, -0.15) is 0 Å². The second-order valence-corrected chi connectivity index (χ2v) is 5.54. The Morgan fingerprint density at radius 1 is 0.750 bits per heavy atom. The lowest BCUT2D eigenvalue weighted by molar-refractivity contribution is -0.111. The van der Waals surface area contributed by atoms with Gasteiger partial charge in [-0.1, -0.05) is 67.3 Å². The maximum Gasteiger partial charge on any atom is 0.221 e. The maximum atomic E-state index is 10.5. The molecule has 0 saturated heterocycles. The van der Waals surface area contributed by atoms with E-state index in [4.69, 9.17) is 11.6 Å². The molecule has 0 aliphatic heterocycles. The molecule has 3 heteroatoms. The van der Waals surface area contributed by atoms with E-state index in [2.05, 4.69) is 15.9 Å². The Bertz CT molecular complexity index is 162. The molecule has 0 aromatic carbocycles. The van der Waals surface area contributed by atoms with Crippen molar-refractivity contribution in [3.63, 3.8) is 0 Å².